The molecule has 1 aliphatic rings. The Kier molecular flexibility index (Phi) is 3.72. The number of nitrogens with zero attached hydrogens (tertiary/aromatic N) is 3. The molecule has 1 unspecified atom stereocenters. The van der Waals surface area contributed by atoms with Crippen molar-refractivity contribution in [1.82, 2.24) is 9.88 Å². The van der Waals surface area contributed by atoms with E-state index in [1.807, 2.05) is 25.1 Å². The normalized spacial score (nSPS) is 20.5. The van der Waals surface area contributed by atoms with Crippen molar-refractivity contribution in [1.29, 1.82) is 5.26 Å². The topological polar surface area (TPSA) is 49.2 Å². The summed E-state index contributed by atoms with van der Waals surface area (Å²) in [4.78, 5) is 6.57. The van der Waals surface area contributed by atoms with Crippen LogP contribution >= 0.6 is 0 Å². The smallest absolute Gasteiger partial charge is 0.109 e. The Morgan fingerprint density at radius 2 is 2.24 bits per heavy atom. The number of hydrogen-bond acceptors (Lipinski definition) is 4. The van der Waals surface area contributed by atoms with Crippen LogP contribution in [0.2, 0.25) is 0 Å². The Labute approximate surface area is 102 Å². The summed E-state index contributed by atoms with van der Waals surface area (Å²) in [5.41, 5.74) is 0.299. The number of ether oxygens (including phenoxy) is 1. The quantitative estimate of drug-likeness (QED) is 0.784. The molecule has 0 amide bonds. The van der Waals surface area contributed by atoms with Gasteiger partial charge in [-0.15, -0.1) is 0 Å². The average Bonchev–Trinajstić information content (AvgIpc) is 2.41. The Hall–Kier alpha value is -1.44. The third-order valence-electron chi connectivity index (χ3n) is 3.12. The molecule has 0 bridgehead atoms. The fourth-order valence-electron chi connectivity index (χ4n) is 2.07. The largest absolute Gasteiger partial charge is 0.379 e. The van der Waals surface area contributed by atoms with Crippen molar-refractivity contribution < 1.29 is 4.74 Å². The van der Waals surface area contributed by atoms with Crippen LogP contribution in [0.15, 0.2) is 24.4 Å². The number of hydrogen-bond donors (Lipinski definition) is 0. The molecule has 2 rings (SSSR count). The van der Waals surface area contributed by atoms with Crippen LogP contribution < -0.4 is 0 Å². The molecule has 0 saturated carbocycles. The molecule has 4 nitrogen and oxygen atoms in total. The maximum Gasteiger partial charge on any atom is 0.109 e. The number of aromatic nitrogens is 1. The molecule has 2 heterocycles. The van der Waals surface area contributed by atoms with Crippen molar-refractivity contribution in [3.05, 3.63) is 30.1 Å². The Morgan fingerprint density at radius 1 is 1.47 bits per heavy atom. The molecule has 17 heavy (non-hydrogen) atoms. The van der Waals surface area contributed by atoms with Gasteiger partial charge in [0.05, 0.1) is 25.0 Å². The number of pyridine rings is 1. The lowest BCUT2D eigenvalue weighted by molar-refractivity contribution is 0.0318. The first kappa shape index (κ1) is 12.0. The van der Waals surface area contributed by atoms with Crippen LogP contribution in [0.3, 0.4) is 0 Å². The second-order valence-corrected chi connectivity index (χ2v) is 4.55. The van der Waals surface area contributed by atoms with Gasteiger partial charge in [-0.1, -0.05) is 6.07 Å². The van der Waals surface area contributed by atoms with Crippen LogP contribution in [0.4, 0.5) is 0 Å². The molecule has 90 valence electrons. The van der Waals surface area contributed by atoms with E-state index in [0.29, 0.717) is 6.54 Å². The van der Waals surface area contributed by atoms with E-state index in [9.17, 15) is 5.26 Å². The van der Waals surface area contributed by atoms with E-state index in [1.165, 1.54) is 0 Å². The highest BCUT2D eigenvalue weighted by Crippen LogP contribution is 2.22. The first-order valence-corrected chi connectivity index (χ1v) is 5.87. The minimum absolute atomic E-state index is 0.543. The van der Waals surface area contributed by atoms with Gasteiger partial charge >= 0.3 is 0 Å². The molecule has 0 radical (unpaired) electrons. The monoisotopic (exact) mass is 231 g/mol. The maximum absolute atomic E-state index is 9.42. The minimum atomic E-state index is -0.543. The highest BCUT2D eigenvalue weighted by molar-refractivity contribution is 5.25. The summed E-state index contributed by atoms with van der Waals surface area (Å²) < 4.78 is 5.31. The van der Waals surface area contributed by atoms with Gasteiger partial charge in [0.25, 0.3) is 0 Å². The predicted molar refractivity (Wildman–Crippen MR) is 64.5 cm³/mol. The van der Waals surface area contributed by atoms with Crippen molar-refractivity contribution in [3.63, 3.8) is 0 Å². The van der Waals surface area contributed by atoms with E-state index < -0.39 is 5.41 Å². The highest BCUT2D eigenvalue weighted by Gasteiger charge is 2.31. The van der Waals surface area contributed by atoms with Gasteiger partial charge in [0.15, 0.2) is 0 Å². The fraction of sp³-hybridized carbons (Fsp3) is 0.538. The molecule has 0 N–H and O–H groups in total. The van der Waals surface area contributed by atoms with Crippen LogP contribution in [0.1, 0.15) is 12.6 Å². The lowest BCUT2D eigenvalue weighted by Crippen LogP contribution is -2.44. The van der Waals surface area contributed by atoms with Gasteiger partial charge in [0.2, 0.25) is 0 Å². The molecule has 1 aromatic rings. The summed E-state index contributed by atoms with van der Waals surface area (Å²) >= 11 is 0. The number of rotatable bonds is 3. The van der Waals surface area contributed by atoms with E-state index in [1.54, 1.807) is 6.20 Å². The summed E-state index contributed by atoms with van der Waals surface area (Å²) in [5, 5.41) is 9.42. The molecular weight excluding hydrogens is 214 g/mol. The van der Waals surface area contributed by atoms with Crippen LogP contribution in [-0.2, 0) is 10.2 Å². The SMILES string of the molecule is CC(C#N)(CN1CCOCC1)c1ccccn1. The van der Waals surface area contributed by atoms with Gasteiger partial charge in [-0.3, -0.25) is 9.88 Å². The van der Waals surface area contributed by atoms with Crippen LogP contribution in [0, 0.1) is 11.3 Å². The molecule has 1 atom stereocenters. The first-order chi connectivity index (χ1) is 8.24. The molecule has 4 heteroatoms. The van der Waals surface area contributed by atoms with E-state index >= 15 is 0 Å². The standard InChI is InChI=1S/C13H17N3O/c1-13(10-14,12-4-2-3-5-15-12)11-16-6-8-17-9-7-16/h2-5H,6-9,11H2,1H3. The molecule has 0 spiro atoms. The molecule has 0 aliphatic carbocycles. The van der Waals surface area contributed by atoms with Gasteiger partial charge < -0.3 is 4.74 Å². The summed E-state index contributed by atoms with van der Waals surface area (Å²) in [5.74, 6) is 0. The summed E-state index contributed by atoms with van der Waals surface area (Å²) in [6.07, 6.45) is 1.74. The zero-order chi connectivity index (χ0) is 12.1. The second-order valence-electron chi connectivity index (χ2n) is 4.55. The Morgan fingerprint density at radius 3 is 2.82 bits per heavy atom. The van der Waals surface area contributed by atoms with E-state index in [2.05, 4.69) is 16.0 Å². The van der Waals surface area contributed by atoms with E-state index in [4.69, 9.17) is 4.74 Å². The predicted octanol–water partition coefficient (Wildman–Crippen LogP) is 1.20. The summed E-state index contributed by atoms with van der Waals surface area (Å²) in [6, 6.07) is 8.12. The maximum atomic E-state index is 9.42. The lowest BCUT2D eigenvalue weighted by Gasteiger charge is -2.32. The van der Waals surface area contributed by atoms with Crippen molar-refractivity contribution in [2.75, 3.05) is 32.8 Å². The minimum Gasteiger partial charge on any atom is -0.379 e. The summed E-state index contributed by atoms with van der Waals surface area (Å²) in [6.45, 7) is 5.95. The van der Waals surface area contributed by atoms with Gasteiger partial charge in [-0.25, -0.2) is 0 Å². The fourth-order valence-corrected chi connectivity index (χ4v) is 2.07. The molecule has 1 saturated heterocycles. The zero-order valence-corrected chi connectivity index (χ0v) is 10.1. The van der Waals surface area contributed by atoms with Crippen LogP contribution in [-0.4, -0.2) is 42.7 Å². The summed E-state index contributed by atoms with van der Waals surface area (Å²) in [7, 11) is 0. The van der Waals surface area contributed by atoms with E-state index in [0.717, 1.165) is 32.0 Å². The molecular formula is C13H17N3O. The third kappa shape index (κ3) is 2.82. The second kappa shape index (κ2) is 5.26. The van der Waals surface area contributed by atoms with Crippen molar-refractivity contribution in [2.45, 2.75) is 12.3 Å². The molecule has 1 aliphatic heterocycles. The van der Waals surface area contributed by atoms with Crippen LogP contribution in [0.5, 0.6) is 0 Å². The van der Waals surface area contributed by atoms with Crippen molar-refractivity contribution in [2.24, 2.45) is 0 Å². The van der Waals surface area contributed by atoms with Crippen molar-refractivity contribution >= 4 is 0 Å². The van der Waals surface area contributed by atoms with E-state index in [-0.39, 0.29) is 0 Å². The molecule has 1 aromatic heterocycles. The third-order valence-corrected chi connectivity index (χ3v) is 3.12. The molecule has 0 aromatic carbocycles. The average molecular weight is 231 g/mol. The van der Waals surface area contributed by atoms with Crippen molar-refractivity contribution in [3.8, 4) is 6.07 Å². The highest BCUT2D eigenvalue weighted by atomic mass is 16.5. The number of morpholine rings is 1. The zero-order valence-electron chi connectivity index (χ0n) is 10.1. The number of nitriles is 1. The first-order valence-electron chi connectivity index (χ1n) is 5.87. The van der Waals surface area contributed by atoms with Crippen LogP contribution in [0.25, 0.3) is 0 Å². The Bertz CT molecular complexity index is 395. The lowest BCUT2D eigenvalue weighted by atomic mass is 9.87. The van der Waals surface area contributed by atoms with Gasteiger partial charge in [-0.2, -0.15) is 5.26 Å². The van der Waals surface area contributed by atoms with Gasteiger partial charge in [0.1, 0.15) is 5.41 Å². The Balaban J connectivity index is 2.12. The van der Waals surface area contributed by atoms with Gasteiger partial charge in [-0.05, 0) is 19.1 Å². The van der Waals surface area contributed by atoms with Gasteiger partial charge in [0, 0.05) is 25.8 Å². The molecule has 1 fully saturated rings.